The predicted molar refractivity (Wildman–Crippen MR) is 65.4 cm³/mol. The van der Waals surface area contributed by atoms with E-state index >= 15 is 0 Å². The lowest BCUT2D eigenvalue weighted by Crippen LogP contribution is -2.15. The number of aromatic nitrogens is 3. The third-order valence-corrected chi connectivity index (χ3v) is 3.09. The largest absolute Gasteiger partial charge is 0.359 e. The highest BCUT2D eigenvalue weighted by atomic mass is 79.9. The van der Waals surface area contributed by atoms with Gasteiger partial charge in [-0.15, -0.1) is 0 Å². The molecule has 5 nitrogen and oxygen atoms in total. The van der Waals surface area contributed by atoms with Crippen molar-refractivity contribution in [2.24, 2.45) is 0 Å². The Balaban J connectivity index is 1.59. The molecule has 0 aliphatic heterocycles. The van der Waals surface area contributed by atoms with Crippen LogP contribution in [0.4, 0.5) is 0 Å². The maximum Gasteiger partial charge on any atom is 0.158 e. The van der Waals surface area contributed by atoms with Gasteiger partial charge in [-0.2, -0.15) is 5.10 Å². The fraction of sp³-hybridized carbons (Fsp3) is 0.455. The van der Waals surface area contributed by atoms with Gasteiger partial charge in [0.1, 0.15) is 6.54 Å². The van der Waals surface area contributed by atoms with E-state index < -0.39 is 0 Å². The summed E-state index contributed by atoms with van der Waals surface area (Å²) in [5.41, 5.74) is 0.957. The number of hydrogen-bond acceptors (Lipinski definition) is 4. The Bertz CT molecular complexity index is 503. The number of hydrogen-bond donors (Lipinski definition) is 1. The van der Waals surface area contributed by atoms with E-state index in [9.17, 15) is 0 Å². The van der Waals surface area contributed by atoms with Gasteiger partial charge in [0, 0.05) is 24.8 Å². The second kappa shape index (κ2) is 4.62. The van der Waals surface area contributed by atoms with Crippen molar-refractivity contribution in [1.82, 2.24) is 20.3 Å². The highest BCUT2D eigenvalue weighted by Crippen LogP contribution is 2.19. The first-order valence-corrected chi connectivity index (χ1v) is 6.45. The van der Waals surface area contributed by atoms with Crippen LogP contribution in [0, 0.1) is 0 Å². The first-order chi connectivity index (χ1) is 8.29. The lowest BCUT2D eigenvalue weighted by molar-refractivity contribution is 0.364. The van der Waals surface area contributed by atoms with E-state index in [1.165, 1.54) is 12.8 Å². The molecule has 17 heavy (non-hydrogen) atoms. The summed E-state index contributed by atoms with van der Waals surface area (Å²) in [4.78, 5) is 0. The lowest BCUT2D eigenvalue weighted by Gasteiger charge is -1.96. The molecular weight excluding hydrogens is 284 g/mol. The second-order valence-corrected chi connectivity index (χ2v) is 5.21. The van der Waals surface area contributed by atoms with Crippen molar-refractivity contribution in [3.63, 3.8) is 0 Å². The number of nitrogens with zero attached hydrogens (tertiary/aromatic N) is 3. The molecule has 6 heteroatoms. The third kappa shape index (κ3) is 2.95. The van der Waals surface area contributed by atoms with E-state index in [0.29, 0.717) is 12.6 Å². The minimum atomic E-state index is 0.613. The van der Waals surface area contributed by atoms with Crippen LogP contribution >= 0.6 is 15.9 Å². The normalized spacial score (nSPS) is 15.4. The molecule has 3 rings (SSSR count). The molecule has 90 valence electrons. The Morgan fingerprint density at radius 1 is 1.53 bits per heavy atom. The van der Waals surface area contributed by atoms with Crippen molar-refractivity contribution >= 4 is 15.9 Å². The van der Waals surface area contributed by atoms with Gasteiger partial charge in [-0.25, -0.2) is 0 Å². The Morgan fingerprint density at radius 2 is 2.41 bits per heavy atom. The van der Waals surface area contributed by atoms with Gasteiger partial charge >= 0.3 is 0 Å². The summed E-state index contributed by atoms with van der Waals surface area (Å²) in [5, 5.41) is 11.6. The van der Waals surface area contributed by atoms with Crippen LogP contribution in [-0.2, 0) is 13.1 Å². The van der Waals surface area contributed by atoms with Gasteiger partial charge in [0.25, 0.3) is 0 Å². The fourth-order valence-electron chi connectivity index (χ4n) is 1.63. The molecule has 2 aromatic heterocycles. The average molecular weight is 297 g/mol. The van der Waals surface area contributed by atoms with Crippen LogP contribution in [0.2, 0.25) is 0 Å². The van der Waals surface area contributed by atoms with Gasteiger partial charge in [0.2, 0.25) is 0 Å². The molecule has 1 saturated carbocycles. The monoisotopic (exact) mass is 296 g/mol. The minimum absolute atomic E-state index is 0.613. The molecule has 2 heterocycles. The lowest BCUT2D eigenvalue weighted by atomic mass is 10.3. The van der Waals surface area contributed by atoms with Gasteiger partial charge in [0.15, 0.2) is 5.76 Å². The smallest absolute Gasteiger partial charge is 0.158 e. The van der Waals surface area contributed by atoms with Crippen LogP contribution in [-0.4, -0.2) is 21.0 Å². The molecule has 0 aromatic carbocycles. The van der Waals surface area contributed by atoms with Crippen LogP contribution in [0.1, 0.15) is 24.3 Å². The molecule has 0 unspecified atom stereocenters. The highest BCUT2D eigenvalue weighted by Gasteiger charge is 2.20. The zero-order valence-corrected chi connectivity index (χ0v) is 10.9. The van der Waals surface area contributed by atoms with Crippen molar-refractivity contribution in [2.45, 2.75) is 32.0 Å². The highest BCUT2D eigenvalue weighted by molar-refractivity contribution is 9.10. The van der Waals surface area contributed by atoms with Crippen LogP contribution in [0.3, 0.4) is 0 Å². The fourth-order valence-corrected chi connectivity index (χ4v) is 1.96. The van der Waals surface area contributed by atoms with E-state index in [4.69, 9.17) is 4.52 Å². The summed E-state index contributed by atoms with van der Waals surface area (Å²) in [6, 6.07) is 2.67. The summed E-state index contributed by atoms with van der Waals surface area (Å²) >= 11 is 3.36. The molecule has 2 aromatic rings. The van der Waals surface area contributed by atoms with Gasteiger partial charge in [-0.05, 0) is 28.8 Å². The van der Waals surface area contributed by atoms with Crippen LogP contribution in [0.25, 0.3) is 0 Å². The Hall–Kier alpha value is -1.14. The van der Waals surface area contributed by atoms with Crippen LogP contribution in [0.5, 0.6) is 0 Å². The third-order valence-electron chi connectivity index (χ3n) is 2.68. The molecule has 1 aliphatic carbocycles. The molecule has 0 amide bonds. The van der Waals surface area contributed by atoms with Crippen molar-refractivity contribution < 1.29 is 4.52 Å². The topological polar surface area (TPSA) is 55.9 Å². The summed E-state index contributed by atoms with van der Waals surface area (Å²) in [6.07, 6.45) is 6.23. The van der Waals surface area contributed by atoms with Crippen LogP contribution < -0.4 is 5.32 Å². The number of rotatable bonds is 5. The molecule has 1 N–H and O–H groups in total. The molecule has 0 saturated heterocycles. The molecular formula is C11H13BrN4O. The van der Waals surface area contributed by atoms with Crippen molar-refractivity contribution in [2.75, 3.05) is 0 Å². The first-order valence-electron chi connectivity index (χ1n) is 5.65. The molecule has 0 bridgehead atoms. The van der Waals surface area contributed by atoms with Gasteiger partial charge in [0.05, 0.1) is 16.4 Å². The van der Waals surface area contributed by atoms with Crippen molar-refractivity contribution in [3.05, 3.63) is 34.4 Å². The van der Waals surface area contributed by atoms with Gasteiger partial charge in [-0.3, -0.25) is 4.68 Å². The molecule has 1 aliphatic rings. The predicted octanol–water partition coefficient (Wildman–Crippen LogP) is 1.93. The zero-order chi connectivity index (χ0) is 11.7. The van der Waals surface area contributed by atoms with E-state index in [2.05, 4.69) is 31.5 Å². The maximum atomic E-state index is 5.26. The summed E-state index contributed by atoms with van der Waals surface area (Å²) in [5.74, 6) is 0.827. The van der Waals surface area contributed by atoms with E-state index in [1.807, 2.05) is 16.9 Å². The van der Waals surface area contributed by atoms with Gasteiger partial charge in [-0.1, -0.05) is 5.16 Å². The maximum absolute atomic E-state index is 5.26. The summed E-state index contributed by atoms with van der Waals surface area (Å²) < 4.78 is 8.04. The average Bonchev–Trinajstić information content (AvgIpc) is 2.90. The standard InChI is InChI=1S/C11H13BrN4O/c12-8-4-14-16(6-8)7-11-3-10(15-17-11)5-13-9-1-2-9/h3-4,6,9,13H,1-2,5,7H2. The molecule has 0 atom stereocenters. The molecule has 0 spiro atoms. The van der Waals surface area contributed by atoms with Crippen LogP contribution in [0.15, 0.2) is 27.5 Å². The second-order valence-electron chi connectivity index (χ2n) is 4.30. The quantitative estimate of drug-likeness (QED) is 0.916. The molecule has 1 fully saturated rings. The SMILES string of the molecule is Brc1cnn(Cc2cc(CNC3CC3)no2)c1. The molecule has 0 radical (unpaired) electrons. The minimum Gasteiger partial charge on any atom is -0.359 e. The number of nitrogens with one attached hydrogen (secondary N) is 1. The van der Waals surface area contributed by atoms with Crippen molar-refractivity contribution in [3.8, 4) is 0 Å². The summed E-state index contributed by atoms with van der Waals surface area (Å²) in [7, 11) is 0. The summed E-state index contributed by atoms with van der Waals surface area (Å²) in [6.45, 7) is 1.40. The van der Waals surface area contributed by atoms with E-state index in [1.54, 1.807) is 6.20 Å². The zero-order valence-electron chi connectivity index (χ0n) is 9.27. The Morgan fingerprint density at radius 3 is 3.12 bits per heavy atom. The van der Waals surface area contributed by atoms with Gasteiger partial charge < -0.3 is 9.84 Å². The Kier molecular flexibility index (Phi) is 2.98. The van der Waals surface area contributed by atoms with E-state index in [0.717, 1.165) is 22.5 Å². The number of halogens is 1. The van der Waals surface area contributed by atoms with Crippen molar-refractivity contribution in [1.29, 1.82) is 0 Å². The first kappa shape index (κ1) is 11.0. The Labute approximate surface area is 107 Å². The van der Waals surface area contributed by atoms with E-state index in [-0.39, 0.29) is 0 Å².